The third kappa shape index (κ3) is 5.04. The van der Waals surface area contributed by atoms with Crippen LogP contribution in [0.15, 0.2) is 0 Å². The van der Waals surface area contributed by atoms with Crippen LogP contribution >= 0.6 is 0 Å². The summed E-state index contributed by atoms with van der Waals surface area (Å²) in [5.74, 6) is -1.11. The predicted octanol–water partition coefficient (Wildman–Crippen LogP) is 1.30. The first-order valence-electron chi connectivity index (χ1n) is 6.71. The molecule has 0 aromatic carbocycles. The lowest BCUT2D eigenvalue weighted by molar-refractivity contribution is -0.144. The lowest BCUT2D eigenvalue weighted by Crippen LogP contribution is -2.48. The molecule has 1 fully saturated rings. The molecule has 0 saturated heterocycles. The zero-order valence-electron chi connectivity index (χ0n) is 10.9. The Balaban J connectivity index is 2.41. The van der Waals surface area contributed by atoms with Crippen molar-refractivity contribution in [3.05, 3.63) is 0 Å². The first-order chi connectivity index (χ1) is 8.50. The molecule has 1 saturated carbocycles. The second-order valence-corrected chi connectivity index (χ2v) is 5.19. The smallest absolute Gasteiger partial charge is 0.328 e. The fourth-order valence-corrected chi connectivity index (χ4v) is 2.45. The minimum absolute atomic E-state index is 0.268. The van der Waals surface area contributed by atoms with E-state index >= 15 is 0 Å². The second kappa shape index (κ2) is 7.36. The van der Waals surface area contributed by atoms with Crippen LogP contribution in [-0.2, 0) is 9.59 Å². The van der Waals surface area contributed by atoms with E-state index in [1.165, 1.54) is 19.8 Å². The lowest BCUT2D eigenvalue weighted by Gasteiger charge is -2.19. The normalized spacial score (nSPS) is 20.8. The molecule has 18 heavy (non-hydrogen) atoms. The molecule has 2 atom stereocenters. The Morgan fingerprint density at radius 3 is 2.22 bits per heavy atom. The number of rotatable bonds is 5. The van der Waals surface area contributed by atoms with Crippen molar-refractivity contribution >= 4 is 11.9 Å². The van der Waals surface area contributed by atoms with Gasteiger partial charge in [0, 0.05) is 6.42 Å². The quantitative estimate of drug-likeness (QED) is 0.648. The number of amides is 1. The predicted molar refractivity (Wildman–Crippen MR) is 67.1 cm³/mol. The highest BCUT2D eigenvalue weighted by Crippen LogP contribution is 2.25. The summed E-state index contributed by atoms with van der Waals surface area (Å²) in [5, 5.41) is 20.6. The zero-order chi connectivity index (χ0) is 13.5. The first-order valence-corrected chi connectivity index (χ1v) is 6.71. The van der Waals surface area contributed by atoms with Crippen molar-refractivity contribution in [3.8, 4) is 0 Å². The van der Waals surface area contributed by atoms with E-state index in [2.05, 4.69) is 5.32 Å². The molecule has 0 heterocycles. The molecule has 0 spiro atoms. The van der Waals surface area contributed by atoms with Crippen molar-refractivity contribution in [1.29, 1.82) is 0 Å². The number of aliphatic carboxylic acids is 1. The van der Waals surface area contributed by atoms with E-state index in [9.17, 15) is 14.7 Å². The van der Waals surface area contributed by atoms with Crippen molar-refractivity contribution in [2.45, 2.75) is 64.0 Å². The van der Waals surface area contributed by atoms with Crippen LogP contribution in [0.5, 0.6) is 0 Å². The number of carbonyl (C=O) groups is 2. The minimum Gasteiger partial charge on any atom is -0.480 e. The van der Waals surface area contributed by atoms with E-state index < -0.39 is 18.1 Å². The maximum Gasteiger partial charge on any atom is 0.328 e. The number of carboxylic acid groups (broad SMARTS) is 1. The molecular formula is C13H23NO4. The highest BCUT2D eigenvalue weighted by Gasteiger charge is 2.26. The molecule has 1 aliphatic carbocycles. The van der Waals surface area contributed by atoms with Gasteiger partial charge in [-0.05, 0) is 25.7 Å². The molecular weight excluding hydrogens is 234 g/mol. The number of carboxylic acids is 1. The van der Waals surface area contributed by atoms with E-state index in [1.54, 1.807) is 0 Å². The van der Waals surface area contributed by atoms with E-state index in [4.69, 9.17) is 5.11 Å². The van der Waals surface area contributed by atoms with Crippen LogP contribution in [0.2, 0.25) is 0 Å². The van der Waals surface area contributed by atoms with Gasteiger partial charge in [-0.1, -0.05) is 25.7 Å². The average Bonchev–Trinajstić information content (AvgIpc) is 2.53. The molecule has 0 aliphatic heterocycles. The zero-order valence-corrected chi connectivity index (χ0v) is 10.9. The largest absolute Gasteiger partial charge is 0.480 e. The standard InChI is InChI=1S/C13H23NO4/c1-9(15)12(13(17)18)14-11(16)8-10-6-4-2-3-5-7-10/h9-10,12,15H,2-8H2,1H3,(H,14,16)(H,17,18). The van der Waals surface area contributed by atoms with Gasteiger partial charge in [0.25, 0.3) is 0 Å². The average molecular weight is 257 g/mol. The van der Waals surface area contributed by atoms with Gasteiger partial charge in [0.05, 0.1) is 6.10 Å². The number of hydrogen-bond acceptors (Lipinski definition) is 3. The Hall–Kier alpha value is -1.10. The van der Waals surface area contributed by atoms with Crippen LogP contribution in [0.4, 0.5) is 0 Å². The number of aliphatic hydroxyl groups excluding tert-OH is 1. The van der Waals surface area contributed by atoms with Crippen LogP contribution in [0.25, 0.3) is 0 Å². The second-order valence-electron chi connectivity index (χ2n) is 5.19. The fraction of sp³-hybridized carbons (Fsp3) is 0.846. The summed E-state index contributed by atoms with van der Waals surface area (Å²) in [5.41, 5.74) is 0. The Morgan fingerprint density at radius 2 is 1.78 bits per heavy atom. The lowest BCUT2D eigenvalue weighted by atomic mass is 9.96. The molecule has 5 heteroatoms. The number of nitrogens with one attached hydrogen (secondary N) is 1. The summed E-state index contributed by atoms with van der Waals surface area (Å²) in [6.07, 6.45) is 6.12. The third-order valence-corrected chi connectivity index (χ3v) is 3.51. The van der Waals surface area contributed by atoms with E-state index in [0.29, 0.717) is 12.3 Å². The third-order valence-electron chi connectivity index (χ3n) is 3.51. The summed E-state index contributed by atoms with van der Waals surface area (Å²) in [7, 11) is 0. The topological polar surface area (TPSA) is 86.6 Å². The summed E-state index contributed by atoms with van der Waals surface area (Å²) in [6.45, 7) is 1.37. The van der Waals surface area contributed by atoms with Crippen molar-refractivity contribution in [2.24, 2.45) is 5.92 Å². The summed E-state index contributed by atoms with van der Waals surface area (Å²) >= 11 is 0. The highest BCUT2D eigenvalue weighted by atomic mass is 16.4. The number of hydrogen-bond donors (Lipinski definition) is 3. The van der Waals surface area contributed by atoms with Crippen molar-refractivity contribution < 1.29 is 19.8 Å². The Bertz CT molecular complexity index is 283. The van der Waals surface area contributed by atoms with Gasteiger partial charge in [-0.15, -0.1) is 0 Å². The number of carbonyl (C=O) groups excluding carboxylic acids is 1. The molecule has 0 bridgehead atoms. The van der Waals surface area contributed by atoms with Crippen molar-refractivity contribution in [2.75, 3.05) is 0 Å². The molecule has 1 rings (SSSR count). The van der Waals surface area contributed by atoms with Gasteiger partial charge in [0.2, 0.25) is 5.91 Å². The maximum absolute atomic E-state index is 11.8. The summed E-state index contributed by atoms with van der Waals surface area (Å²) < 4.78 is 0. The van der Waals surface area contributed by atoms with Gasteiger partial charge in [-0.25, -0.2) is 4.79 Å². The molecule has 0 aromatic heterocycles. The maximum atomic E-state index is 11.8. The molecule has 0 radical (unpaired) electrons. The van der Waals surface area contributed by atoms with E-state index in [0.717, 1.165) is 25.7 Å². The highest BCUT2D eigenvalue weighted by molar-refractivity contribution is 5.84. The fourth-order valence-electron chi connectivity index (χ4n) is 2.45. The molecule has 1 aliphatic rings. The molecule has 1 amide bonds. The molecule has 5 nitrogen and oxygen atoms in total. The monoisotopic (exact) mass is 257 g/mol. The Morgan fingerprint density at radius 1 is 1.22 bits per heavy atom. The van der Waals surface area contributed by atoms with E-state index in [1.807, 2.05) is 0 Å². The molecule has 0 aromatic rings. The SMILES string of the molecule is CC(O)C(NC(=O)CC1CCCCCC1)C(=O)O. The molecule has 3 N–H and O–H groups in total. The number of aliphatic hydroxyl groups is 1. The Kier molecular flexibility index (Phi) is 6.12. The molecule has 104 valence electrons. The minimum atomic E-state index is -1.21. The van der Waals surface area contributed by atoms with Gasteiger partial charge >= 0.3 is 5.97 Å². The van der Waals surface area contributed by atoms with Gasteiger partial charge < -0.3 is 15.5 Å². The van der Waals surface area contributed by atoms with Crippen molar-refractivity contribution in [3.63, 3.8) is 0 Å². The first kappa shape index (κ1) is 15.0. The van der Waals surface area contributed by atoms with E-state index in [-0.39, 0.29) is 5.91 Å². The van der Waals surface area contributed by atoms with Crippen molar-refractivity contribution in [1.82, 2.24) is 5.32 Å². The van der Waals surface area contributed by atoms with Crippen LogP contribution in [-0.4, -0.2) is 34.2 Å². The van der Waals surface area contributed by atoms with Crippen LogP contribution in [0.3, 0.4) is 0 Å². The van der Waals surface area contributed by atoms with Gasteiger partial charge in [-0.2, -0.15) is 0 Å². The molecule has 2 unspecified atom stereocenters. The van der Waals surface area contributed by atoms with Gasteiger partial charge in [-0.3, -0.25) is 4.79 Å². The van der Waals surface area contributed by atoms with Crippen LogP contribution < -0.4 is 5.32 Å². The van der Waals surface area contributed by atoms with Gasteiger partial charge in [0.1, 0.15) is 0 Å². The summed E-state index contributed by atoms with van der Waals surface area (Å²) in [4.78, 5) is 22.6. The summed E-state index contributed by atoms with van der Waals surface area (Å²) in [6, 6.07) is -1.21. The van der Waals surface area contributed by atoms with Crippen LogP contribution in [0.1, 0.15) is 51.9 Å². The Labute approximate surface area is 108 Å². The van der Waals surface area contributed by atoms with Gasteiger partial charge in [0.15, 0.2) is 6.04 Å². The van der Waals surface area contributed by atoms with Crippen LogP contribution in [0, 0.1) is 5.92 Å².